The number of pyridine rings is 1. The maximum absolute atomic E-state index is 4.59. The van der Waals surface area contributed by atoms with Crippen molar-refractivity contribution in [2.24, 2.45) is 0 Å². The number of likely N-dealkylation sites (tertiary alicyclic amines) is 1. The quantitative estimate of drug-likeness (QED) is 0.486. The third kappa shape index (κ3) is 5.94. The Morgan fingerprint density at radius 1 is 1.07 bits per heavy atom. The van der Waals surface area contributed by atoms with Crippen LogP contribution in [0.4, 0.5) is 11.4 Å². The molecule has 6 nitrogen and oxygen atoms in total. The van der Waals surface area contributed by atoms with Crippen LogP contribution in [0, 0.1) is 0 Å². The summed E-state index contributed by atoms with van der Waals surface area (Å²) >= 11 is 0. The van der Waals surface area contributed by atoms with Gasteiger partial charge < -0.3 is 10.6 Å². The highest BCUT2D eigenvalue weighted by Crippen LogP contribution is 2.22. The number of nitrogens with zero attached hydrogens (tertiary/aromatic N) is 3. The summed E-state index contributed by atoms with van der Waals surface area (Å²) in [4.78, 5) is 7.04. The Balaban J connectivity index is 0.00000124. The molecule has 3 aromatic rings. The summed E-state index contributed by atoms with van der Waals surface area (Å²) in [5, 5.41) is 13.9. The number of nitrogens with one attached hydrogen (secondary N) is 3. The van der Waals surface area contributed by atoms with Gasteiger partial charge in [-0.1, -0.05) is 50.8 Å². The normalized spacial score (nSPS) is 13.4. The summed E-state index contributed by atoms with van der Waals surface area (Å²) in [6.45, 7) is 12.2. The summed E-state index contributed by atoms with van der Waals surface area (Å²) in [6, 6.07) is 14.4. The van der Waals surface area contributed by atoms with E-state index in [0.29, 0.717) is 0 Å². The molecule has 4 rings (SSSR count). The van der Waals surface area contributed by atoms with E-state index in [1.54, 1.807) is 6.20 Å². The van der Waals surface area contributed by atoms with Crippen LogP contribution in [0.2, 0.25) is 0 Å². The van der Waals surface area contributed by atoms with Crippen molar-refractivity contribution in [3.63, 3.8) is 0 Å². The van der Waals surface area contributed by atoms with Crippen molar-refractivity contribution in [2.45, 2.75) is 39.8 Å². The molecule has 3 heterocycles. The lowest BCUT2D eigenvalue weighted by Crippen LogP contribution is -2.19. The van der Waals surface area contributed by atoms with E-state index in [1.807, 2.05) is 38.2 Å². The van der Waals surface area contributed by atoms with E-state index in [9.17, 15) is 0 Å². The van der Waals surface area contributed by atoms with E-state index in [2.05, 4.69) is 61.6 Å². The fourth-order valence-corrected chi connectivity index (χ4v) is 3.44. The van der Waals surface area contributed by atoms with Crippen molar-refractivity contribution >= 4 is 17.1 Å². The van der Waals surface area contributed by atoms with E-state index in [1.165, 1.54) is 31.5 Å². The van der Waals surface area contributed by atoms with Gasteiger partial charge in [0.15, 0.2) is 0 Å². The first-order valence-corrected chi connectivity index (χ1v) is 10.7. The van der Waals surface area contributed by atoms with Crippen molar-refractivity contribution in [2.75, 3.05) is 23.7 Å². The van der Waals surface area contributed by atoms with Crippen molar-refractivity contribution in [3.8, 4) is 0 Å². The second-order valence-electron chi connectivity index (χ2n) is 7.12. The zero-order valence-corrected chi connectivity index (χ0v) is 18.0. The molecule has 0 radical (unpaired) electrons. The topological polar surface area (TPSA) is 68.9 Å². The Morgan fingerprint density at radius 2 is 1.83 bits per heavy atom. The Bertz CT molecular complexity index is 895. The molecule has 3 N–H and O–H groups in total. The van der Waals surface area contributed by atoms with E-state index in [0.717, 1.165) is 41.5 Å². The highest BCUT2D eigenvalue weighted by Gasteiger charge is 2.13. The number of rotatable bonds is 8. The molecule has 1 aromatic carbocycles. The SMILES string of the molecule is C=C(Nc1ccc(CN2CCCC2)nc1)c1[nH]ncc1NCc1ccccc1.CC. The Hall–Kier alpha value is -3.12. The standard InChI is InChI=1S/C22H26N6.C2H6/c1-17(22-21(15-25-27-22)24-13-18-7-3-2-4-8-18)26-19-9-10-20(23-14-19)16-28-11-5-6-12-28;1-2/h2-4,7-10,14-15,24,26H,1,5-6,11-13,16H2,(H,25,27);1-2H3. The summed E-state index contributed by atoms with van der Waals surface area (Å²) in [7, 11) is 0. The molecule has 0 saturated carbocycles. The molecule has 1 saturated heterocycles. The van der Waals surface area contributed by atoms with Crippen molar-refractivity contribution in [1.29, 1.82) is 0 Å². The predicted octanol–water partition coefficient (Wildman–Crippen LogP) is 5.12. The van der Waals surface area contributed by atoms with Crippen LogP contribution in [-0.2, 0) is 13.1 Å². The molecular weight excluding hydrogens is 372 g/mol. The fraction of sp³-hybridized carbons (Fsp3) is 0.333. The minimum Gasteiger partial charge on any atom is -0.378 e. The maximum Gasteiger partial charge on any atom is 0.104 e. The molecule has 1 aliphatic rings. The van der Waals surface area contributed by atoms with E-state index < -0.39 is 0 Å². The number of benzene rings is 1. The van der Waals surface area contributed by atoms with Gasteiger partial charge in [-0.15, -0.1) is 0 Å². The van der Waals surface area contributed by atoms with Crippen LogP contribution >= 0.6 is 0 Å². The monoisotopic (exact) mass is 404 g/mol. The molecule has 1 fully saturated rings. The van der Waals surface area contributed by atoms with Crippen molar-refractivity contribution < 1.29 is 0 Å². The Labute approximate surface area is 179 Å². The number of H-pyrrole nitrogens is 1. The van der Waals surface area contributed by atoms with Crippen LogP contribution in [0.1, 0.15) is 43.6 Å². The molecule has 0 bridgehead atoms. The summed E-state index contributed by atoms with van der Waals surface area (Å²) in [5.41, 5.74) is 5.74. The number of aromatic nitrogens is 3. The highest BCUT2D eigenvalue weighted by atomic mass is 15.2. The Kier molecular flexibility index (Phi) is 8.03. The maximum atomic E-state index is 4.59. The van der Waals surface area contributed by atoms with Crippen LogP contribution in [0.3, 0.4) is 0 Å². The third-order valence-corrected chi connectivity index (χ3v) is 4.97. The molecule has 6 heteroatoms. The molecule has 0 atom stereocenters. The zero-order valence-electron chi connectivity index (χ0n) is 18.0. The van der Waals surface area contributed by atoms with Gasteiger partial charge in [-0.25, -0.2) is 0 Å². The van der Waals surface area contributed by atoms with E-state index in [-0.39, 0.29) is 0 Å². The lowest BCUT2D eigenvalue weighted by Gasteiger charge is -2.14. The smallest absolute Gasteiger partial charge is 0.104 e. The summed E-state index contributed by atoms with van der Waals surface area (Å²) < 4.78 is 0. The van der Waals surface area contributed by atoms with Crippen LogP contribution < -0.4 is 10.6 Å². The number of hydrogen-bond acceptors (Lipinski definition) is 5. The molecule has 0 spiro atoms. The van der Waals surface area contributed by atoms with Crippen molar-refractivity contribution in [3.05, 3.63) is 78.4 Å². The van der Waals surface area contributed by atoms with E-state index >= 15 is 0 Å². The first kappa shape index (κ1) is 21.6. The summed E-state index contributed by atoms with van der Waals surface area (Å²) in [6.07, 6.45) is 6.24. The first-order chi connectivity index (χ1) is 14.8. The van der Waals surface area contributed by atoms with Crippen LogP contribution in [0.15, 0.2) is 61.4 Å². The van der Waals surface area contributed by atoms with Crippen LogP contribution in [-0.4, -0.2) is 33.2 Å². The second-order valence-corrected chi connectivity index (χ2v) is 7.12. The van der Waals surface area contributed by atoms with Gasteiger partial charge in [-0.05, 0) is 43.6 Å². The molecule has 0 amide bonds. The van der Waals surface area contributed by atoms with Gasteiger partial charge in [0.1, 0.15) is 5.69 Å². The molecule has 0 unspecified atom stereocenters. The molecule has 158 valence electrons. The highest BCUT2D eigenvalue weighted by molar-refractivity contribution is 5.79. The average Bonchev–Trinajstić information content (AvgIpc) is 3.48. The minimum absolute atomic E-state index is 0.730. The first-order valence-electron chi connectivity index (χ1n) is 10.7. The zero-order chi connectivity index (χ0) is 21.2. The van der Waals surface area contributed by atoms with Gasteiger partial charge in [0.2, 0.25) is 0 Å². The molecular formula is C24H32N6. The minimum atomic E-state index is 0.730. The Morgan fingerprint density at radius 3 is 2.53 bits per heavy atom. The molecule has 1 aliphatic heterocycles. The van der Waals surface area contributed by atoms with Gasteiger partial charge in [0.25, 0.3) is 0 Å². The average molecular weight is 405 g/mol. The van der Waals surface area contributed by atoms with Gasteiger partial charge >= 0.3 is 0 Å². The molecule has 30 heavy (non-hydrogen) atoms. The van der Waals surface area contributed by atoms with Gasteiger partial charge in [0.05, 0.1) is 35.2 Å². The summed E-state index contributed by atoms with van der Waals surface area (Å²) in [5.74, 6) is 0. The predicted molar refractivity (Wildman–Crippen MR) is 125 cm³/mol. The molecule has 2 aromatic heterocycles. The van der Waals surface area contributed by atoms with Crippen LogP contribution in [0.25, 0.3) is 5.70 Å². The van der Waals surface area contributed by atoms with E-state index in [4.69, 9.17) is 0 Å². The second kappa shape index (κ2) is 11.2. The number of aromatic amines is 1. The van der Waals surface area contributed by atoms with Gasteiger partial charge in [-0.3, -0.25) is 15.0 Å². The number of anilines is 2. The molecule has 0 aliphatic carbocycles. The third-order valence-electron chi connectivity index (χ3n) is 4.97. The van der Waals surface area contributed by atoms with Gasteiger partial charge in [0, 0.05) is 13.1 Å². The van der Waals surface area contributed by atoms with Crippen molar-refractivity contribution in [1.82, 2.24) is 20.1 Å². The lowest BCUT2D eigenvalue weighted by molar-refractivity contribution is 0.327. The fourth-order valence-electron chi connectivity index (χ4n) is 3.44. The van der Waals surface area contributed by atoms with Gasteiger partial charge in [-0.2, -0.15) is 5.10 Å². The van der Waals surface area contributed by atoms with Crippen LogP contribution in [0.5, 0.6) is 0 Å². The number of hydrogen-bond donors (Lipinski definition) is 3. The lowest BCUT2D eigenvalue weighted by atomic mass is 10.2. The largest absolute Gasteiger partial charge is 0.378 e.